The lowest BCUT2D eigenvalue weighted by Crippen LogP contribution is -2.46. The molecular weight excluding hydrogens is 394 g/mol. The van der Waals surface area contributed by atoms with E-state index in [1.54, 1.807) is 22.2 Å². The summed E-state index contributed by atoms with van der Waals surface area (Å²) in [5.74, 6) is 0.776. The molecule has 1 N–H and O–H groups in total. The molecule has 1 saturated heterocycles. The van der Waals surface area contributed by atoms with Gasteiger partial charge < -0.3 is 14.6 Å². The lowest BCUT2D eigenvalue weighted by Gasteiger charge is -2.41. The quantitative estimate of drug-likeness (QED) is 0.698. The van der Waals surface area contributed by atoms with Gasteiger partial charge in [-0.05, 0) is 87.2 Å². The lowest BCUT2D eigenvalue weighted by atomic mass is 9.83. The van der Waals surface area contributed by atoms with Crippen LogP contribution in [0.3, 0.4) is 0 Å². The highest BCUT2D eigenvalue weighted by Gasteiger charge is 2.35. The minimum atomic E-state index is -0.229. The number of β-amino-alcohol motifs (C(OH)–C–C–N with tert-alkyl or cyclic N) is 1. The minimum absolute atomic E-state index is 0.229. The maximum Gasteiger partial charge on any atom is 0.0794 e. The molecule has 1 aromatic heterocycles. The van der Waals surface area contributed by atoms with Crippen LogP contribution in [0.1, 0.15) is 93.0 Å². The molecule has 2 fully saturated rings. The van der Waals surface area contributed by atoms with Gasteiger partial charge in [-0.15, -0.1) is 0 Å². The lowest BCUT2D eigenvalue weighted by molar-refractivity contribution is 0.0381. The molecule has 1 aromatic carbocycles. The summed E-state index contributed by atoms with van der Waals surface area (Å²) in [7, 11) is 0. The van der Waals surface area contributed by atoms with Crippen molar-refractivity contribution in [1.29, 1.82) is 0 Å². The van der Waals surface area contributed by atoms with Crippen LogP contribution >= 0.6 is 0 Å². The van der Waals surface area contributed by atoms with Gasteiger partial charge in [0.05, 0.1) is 12.1 Å². The number of benzene rings is 1. The first kappa shape index (κ1) is 21.2. The van der Waals surface area contributed by atoms with Gasteiger partial charge >= 0.3 is 0 Å². The van der Waals surface area contributed by atoms with Crippen LogP contribution in [-0.4, -0.2) is 58.3 Å². The van der Waals surface area contributed by atoms with Crippen LogP contribution in [0.4, 0.5) is 0 Å². The molecule has 1 saturated carbocycles. The van der Waals surface area contributed by atoms with Crippen LogP contribution in [0.25, 0.3) is 10.9 Å². The highest BCUT2D eigenvalue weighted by Crippen LogP contribution is 2.44. The predicted octanol–water partition coefficient (Wildman–Crippen LogP) is 5.23. The summed E-state index contributed by atoms with van der Waals surface area (Å²) >= 11 is 0. The van der Waals surface area contributed by atoms with E-state index in [1.165, 1.54) is 89.2 Å². The summed E-state index contributed by atoms with van der Waals surface area (Å²) in [4.78, 5) is 5.10. The number of piperidine rings is 1. The summed E-state index contributed by atoms with van der Waals surface area (Å²) in [6, 6.07) is 7.95. The van der Waals surface area contributed by atoms with Gasteiger partial charge in [0.1, 0.15) is 0 Å². The first-order chi connectivity index (χ1) is 15.8. The highest BCUT2D eigenvalue weighted by molar-refractivity contribution is 5.87. The van der Waals surface area contributed by atoms with Gasteiger partial charge in [0.15, 0.2) is 0 Å². The van der Waals surface area contributed by atoms with Crippen molar-refractivity contribution in [3.05, 3.63) is 35.0 Å². The number of likely N-dealkylation sites (tertiary alicyclic amines) is 1. The fourth-order valence-electron chi connectivity index (χ4n) is 7.37. The minimum Gasteiger partial charge on any atom is -0.390 e. The third kappa shape index (κ3) is 3.93. The highest BCUT2D eigenvalue weighted by atomic mass is 16.3. The Morgan fingerprint density at radius 1 is 0.844 bits per heavy atom. The Morgan fingerprint density at radius 2 is 1.66 bits per heavy atom. The van der Waals surface area contributed by atoms with E-state index in [0.717, 1.165) is 32.1 Å². The van der Waals surface area contributed by atoms with E-state index in [9.17, 15) is 5.11 Å². The molecule has 4 aliphatic rings. The molecule has 0 bridgehead atoms. The number of hydrogen-bond donors (Lipinski definition) is 1. The van der Waals surface area contributed by atoms with E-state index in [-0.39, 0.29) is 6.10 Å². The van der Waals surface area contributed by atoms with E-state index in [4.69, 9.17) is 0 Å². The van der Waals surface area contributed by atoms with Crippen molar-refractivity contribution < 1.29 is 5.11 Å². The van der Waals surface area contributed by atoms with E-state index in [2.05, 4.69) is 32.6 Å². The second-order valence-corrected chi connectivity index (χ2v) is 11.0. The van der Waals surface area contributed by atoms with Crippen LogP contribution in [0, 0.1) is 0 Å². The summed E-state index contributed by atoms with van der Waals surface area (Å²) in [5.41, 5.74) is 6.27. The average Bonchev–Trinajstić information content (AvgIpc) is 3.16. The Kier molecular flexibility index (Phi) is 6.04. The van der Waals surface area contributed by atoms with Crippen molar-refractivity contribution >= 4 is 10.9 Å². The molecule has 2 atom stereocenters. The third-order valence-electron chi connectivity index (χ3n) is 8.95. The van der Waals surface area contributed by atoms with Gasteiger partial charge in [0, 0.05) is 42.8 Å². The molecule has 174 valence electrons. The van der Waals surface area contributed by atoms with Crippen molar-refractivity contribution in [1.82, 2.24) is 14.4 Å². The van der Waals surface area contributed by atoms with Crippen molar-refractivity contribution in [3.63, 3.8) is 0 Å². The predicted molar refractivity (Wildman–Crippen MR) is 131 cm³/mol. The van der Waals surface area contributed by atoms with Crippen LogP contribution in [0.2, 0.25) is 0 Å². The first-order valence-electron chi connectivity index (χ1n) is 13.6. The zero-order valence-corrected chi connectivity index (χ0v) is 19.8. The van der Waals surface area contributed by atoms with Gasteiger partial charge in [0.25, 0.3) is 0 Å². The number of fused-ring (bicyclic) bond motifs is 3. The molecule has 4 nitrogen and oxygen atoms in total. The largest absolute Gasteiger partial charge is 0.390 e. The van der Waals surface area contributed by atoms with E-state index in [1.807, 2.05) is 0 Å². The fourth-order valence-corrected chi connectivity index (χ4v) is 7.37. The van der Waals surface area contributed by atoms with Gasteiger partial charge in [-0.1, -0.05) is 31.7 Å². The molecular formula is C28H41N3O. The second-order valence-electron chi connectivity index (χ2n) is 11.0. The number of aliphatic hydroxyl groups excluding tert-OH is 1. The van der Waals surface area contributed by atoms with Gasteiger partial charge in [-0.2, -0.15) is 0 Å². The summed E-state index contributed by atoms with van der Waals surface area (Å²) in [5, 5.41) is 12.5. The first-order valence-corrected chi connectivity index (χ1v) is 13.6. The number of aliphatic hydroxyl groups is 1. The molecule has 2 unspecified atom stereocenters. The van der Waals surface area contributed by atoms with Crippen molar-refractivity contribution in [2.45, 2.75) is 95.2 Å². The van der Waals surface area contributed by atoms with Crippen LogP contribution in [0.5, 0.6) is 0 Å². The van der Waals surface area contributed by atoms with Crippen LogP contribution in [-0.2, 0) is 13.0 Å². The molecule has 4 heteroatoms. The number of nitrogens with zero attached hydrogens (tertiary/aromatic N) is 3. The zero-order valence-electron chi connectivity index (χ0n) is 19.8. The maximum absolute atomic E-state index is 10.9. The molecule has 2 aliphatic carbocycles. The van der Waals surface area contributed by atoms with E-state index in [0.29, 0.717) is 6.04 Å². The number of aromatic nitrogens is 1. The van der Waals surface area contributed by atoms with E-state index >= 15 is 0 Å². The van der Waals surface area contributed by atoms with Crippen molar-refractivity contribution in [2.24, 2.45) is 0 Å². The average molecular weight is 436 g/mol. The number of rotatable bonds is 5. The topological polar surface area (TPSA) is 31.6 Å². The Bertz CT molecular complexity index is 938. The zero-order chi connectivity index (χ0) is 21.5. The smallest absolute Gasteiger partial charge is 0.0794 e. The van der Waals surface area contributed by atoms with Crippen molar-refractivity contribution in [3.8, 4) is 0 Å². The molecule has 2 aliphatic heterocycles. The van der Waals surface area contributed by atoms with Gasteiger partial charge in [-0.25, -0.2) is 0 Å². The molecule has 0 radical (unpaired) electrons. The Morgan fingerprint density at radius 3 is 2.50 bits per heavy atom. The molecule has 6 rings (SSSR count). The number of aryl methyl sites for hydroxylation is 1. The second kappa shape index (κ2) is 9.12. The van der Waals surface area contributed by atoms with Crippen molar-refractivity contribution in [2.75, 3.05) is 32.7 Å². The Balaban J connectivity index is 1.25. The monoisotopic (exact) mass is 435 g/mol. The summed E-state index contributed by atoms with van der Waals surface area (Å²) < 4.78 is 2.65. The normalized spacial score (nSPS) is 26.3. The molecule has 0 spiro atoms. The van der Waals surface area contributed by atoms with Gasteiger partial charge in [-0.3, -0.25) is 4.90 Å². The number of hydrogen-bond acceptors (Lipinski definition) is 3. The SMILES string of the molecule is OC(CN1CCCCC1)CN1CCn2c3c(c4cc(C5CCCCC5)ccc42)CCCC31. The summed E-state index contributed by atoms with van der Waals surface area (Å²) in [6.07, 6.45) is 14.5. The standard InChI is InChI=1S/C28H41N3O/c32-23(19-29-14-5-2-6-15-29)20-30-16-17-31-26-13-12-22(21-8-3-1-4-9-21)18-25(26)24-10-7-11-27(30)28(24)31/h12-13,18,21,23,27,32H,1-11,14-17,19-20H2. The molecule has 3 heterocycles. The van der Waals surface area contributed by atoms with E-state index < -0.39 is 0 Å². The Hall–Kier alpha value is -1.36. The maximum atomic E-state index is 10.9. The van der Waals surface area contributed by atoms with Crippen LogP contribution in [0.15, 0.2) is 18.2 Å². The summed E-state index contributed by atoms with van der Waals surface area (Å²) in [6.45, 7) is 6.16. The Labute approximate surface area is 193 Å². The molecule has 32 heavy (non-hydrogen) atoms. The van der Waals surface area contributed by atoms with Gasteiger partial charge in [0.2, 0.25) is 0 Å². The molecule has 0 amide bonds. The fraction of sp³-hybridized carbons (Fsp3) is 0.714. The third-order valence-corrected chi connectivity index (χ3v) is 8.95. The van der Waals surface area contributed by atoms with Crippen LogP contribution < -0.4 is 0 Å². The molecule has 2 aromatic rings.